The van der Waals surface area contributed by atoms with Crippen molar-refractivity contribution in [2.75, 3.05) is 20.8 Å². The Hall–Kier alpha value is -5.18. The van der Waals surface area contributed by atoms with Crippen molar-refractivity contribution in [2.45, 2.75) is 45.0 Å². The summed E-state index contributed by atoms with van der Waals surface area (Å²) in [4.78, 5) is 26.4. The molecule has 0 saturated heterocycles. The summed E-state index contributed by atoms with van der Waals surface area (Å²) in [6, 6.07) is 22.5. The number of aryl methyl sites for hydroxylation is 2. The number of carbonyl (C=O) groups excluding carboxylic acids is 2. The van der Waals surface area contributed by atoms with Crippen LogP contribution in [0.4, 0.5) is 4.79 Å². The van der Waals surface area contributed by atoms with Crippen LogP contribution >= 0.6 is 0 Å². The SMILES string of the molecule is COc1ccc(CCNC(=O)OC2CCn3c4ccccc4c4c5c(c6c7ccccc7n(c6c43)CC2)C(=O)NC5)cc1OC. The van der Waals surface area contributed by atoms with E-state index in [4.69, 9.17) is 14.2 Å². The Labute approximate surface area is 259 Å². The van der Waals surface area contributed by atoms with Crippen LogP contribution in [0.2, 0.25) is 0 Å². The lowest BCUT2D eigenvalue weighted by molar-refractivity contribution is 0.0833. The monoisotopic (exact) mass is 602 g/mol. The van der Waals surface area contributed by atoms with Crippen molar-refractivity contribution < 1.29 is 23.8 Å². The highest BCUT2D eigenvalue weighted by molar-refractivity contribution is 6.30. The number of rotatable bonds is 6. The Balaban J connectivity index is 1.14. The average Bonchev–Trinajstić information content (AvgIpc) is 3.72. The van der Waals surface area contributed by atoms with Gasteiger partial charge in [0.05, 0.1) is 30.8 Å². The first-order chi connectivity index (χ1) is 22.1. The van der Waals surface area contributed by atoms with Crippen molar-refractivity contribution >= 4 is 55.6 Å². The topological polar surface area (TPSA) is 95.8 Å². The van der Waals surface area contributed by atoms with Crippen molar-refractivity contribution in [1.29, 1.82) is 0 Å². The summed E-state index contributed by atoms with van der Waals surface area (Å²) in [5.41, 5.74) is 7.33. The Bertz CT molecular complexity index is 2160. The third-order valence-electron chi connectivity index (χ3n) is 9.43. The first-order valence-corrected chi connectivity index (χ1v) is 15.5. The average molecular weight is 603 g/mol. The number of para-hydroxylation sites is 2. The number of carbonyl (C=O) groups is 2. The quantitative estimate of drug-likeness (QED) is 0.234. The van der Waals surface area contributed by atoms with E-state index in [0.29, 0.717) is 56.9 Å². The lowest BCUT2D eigenvalue weighted by Gasteiger charge is -2.19. The van der Waals surface area contributed by atoms with Crippen LogP contribution < -0.4 is 20.1 Å². The molecule has 4 heterocycles. The zero-order valence-electron chi connectivity index (χ0n) is 25.3. The van der Waals surface area contributed by atoms with E-state index in [0.717, 1.165) is 60.3 Å². The van der Waals surface area contributed by atoms with E-state index < -0.39 is 6.09 Å². The van der Waals surface area contributed by atoms with Gasteiger partial charge in [-0.25, -0.2) is 4.79 Å². The predicted octanol–water partition coefficient (Wildman–Crippen LogP) is 6.29. The molecule has 0 saturated carbocycles. The van der Waals surface area contributed by atoms with Crippen LogP contribution in [0.15, 0.2) is 66.7 Å². The maximum Gasteiger partial charge on any atom is 0.407 e. The molecule has 228 valence electrons. The minimum atomic E-state index is -0.419. The zero-order valence-corrected chi connectivity index (χ0v) is 25.3. The van der Waals surface area contributed by atoms with Crippen molar-refractivity contribution in [3.63, 3.8) is 0 Å². The van der Waals surface area contributed by atoms with E-state index >= 15 is 0 Å². The maximum atomic E-state index is 13.4. The molecule has 2 N–H and O–H groups in total. The first kappa shape index (κ1) is 27.4. The van der Waals surface area contributed by atoms with E-state index in [2.05, 4.69) is 56.2 Å². The summed E-state index contributed by atoms with van der Waals surface area (Å²) in [7, 11) is 3.22. The highest BCUT2D eigenvalue weighted by Crippen LogP contribution is 2.45. The highest BCUT2D eigenvalue weighted by atomic mass is 16.6. The molecule has 0 aliphatic carbocycles. The molecule has 1 atom stereocenters. The maximum absolute atomic E-state index is 13.4. The molecule has 9 heteroatoms. The number of fused-ring (bicyclic) bond motifs is 9. The van der Waals surface area contributed by atoms with Gasteiger partial charge in [-0.05, 0) is 41.8 Å². The number of alkyl carbamates (subject to hydrolysis) is 1. The Kier molecular flexibility index (Phi) is 6.55. The summed E-state index contributed by atoms with van der Waals surface area (Å²) in [6.45, 7) is 2.30. The highest BCUT2D eigenvalue weighted by Gasteiger charge is 2.33. The largest absolute Gasteiger partial charge is 0.493 e. The summed E-state index contributed by atoms with van der Waals surface area (Å²) in [5.74, 6) is 1.31. The Morgan fingerprint density at radius 2 is 1.51 bits per heavy atom. The number of hydrogen-bond acceptors (Lipinski definition) is 5. The second kappa shape index (κ2) is 10.8. The molecule has 0 bridgehead atoms. The van der Waals surface area contributed by atoms with E-state index in [9.17, 15) is 9.59 Å². The fraction of sp³-hybridized carbons (Fsp3) is 0.278. The van der Waals surface area contributed by atoms with Crippen LogP contribution in [-0.2, 0) is 30.8 Å². The molecule has 2 amide bonds. The molecule has 4 aromatic carbocycles. The van der Waals surface area contributed by atoms with Gasteiger partial charge in [-0.3, -0.25) is 4.79 Å². The molecule has 2 aliphatic heterocycles. The van der Waals surface area contributed by atoms with E-state index in [1.54, 1.807) is 14.2 Å². The molecule has 0 radical (unpaired) electrons. The van der Waals surface area contributed by atoms with Crippen molar-refractivity contribution in [2.24, 2.45) is 0 Å². The third kappa shape index (κ3) is 4.29. The van der Waals surface area contributed by atoms with Crippen molar-refractivity contribution in [3.05, 3.63) is 83.4 Å². The number of aromatic nitrogens is 2. The molecular formula is C36H34N4O5. The van der Waals surface area contributed by atoms with Gasteiger partial charge in [-0.15, -0.1) is 0 Å². The fourth-order valence-corrected chi connectivity index (χ4v) is 7.43. The summed E-state index contributed by atoms with van der Waals surface area (Å²) < 4.78 is 21.5. The van der Waals surface area contributed by atoms with E-state index in [1.807, 2.05) is 30.3 Å². The van der Waals surface area contributed by atoms with Crippen LogP contribution in [0.1, 0.15) is 34.3 Å². The Morgan fingerprint density at radius 3 is 2.20 bits per heavy atom. The number of methoxy groups -OCH3 is 2. The summed E-state index contributed by atoms with van der Waals surface area (Å²) >= 11 is 0. The number of nitrogens with zero attached hydrogens (tertiary/aromatic N) is 2. The van der Waals surface area contributed by atoms with Crippen LogP contribution in [-0.4, -0.2) is 48.0 Å². The predicted molar refractivity (Wildman–Crippen MR) is 174 cm³/mol. The standard InChI is InChI=1S/C36H34N4O5/c1-43-28-12-11-21(19-29(28)44-2)13-16-37-36(42)45-22-14-17-39-26-9-5-3-7-23(26)30-25-20-38-35(41)32(25)31-24-8-4-6-10-27(24)40(18-15-22)34(31)33(30)39/h3-12,19,22H,13-18,20H2,1-2H3,(H,37,42)(H,38,41). The van der Waals surface area contributed by atoms with Gasteiger partial charge in [0.1, 0.15) is 6.10 Å². The number of benzene rings is 4. The third-order valence-corrected chi connectivity index (χ3v) is 9.43. The van der Waals surface area contributed by atoms with Gasteiger partial charge >= 0.3 is 6.09 Å². The molecule has 2 aliphatic rings. The second-order valence-corrected chi connectivity index (χ2v) is 11.8. The minimum Gasteiger partial charge on any atom is -0.493 e. The van der Waals surface area contributed by atoms with Crippen LogP contribution in [0.25, 0.3) is 43.6 Å². The van der Waals surface area contributed by atoms with Gasteiger partial charge in [0.2, 0.25) is 0 Å². The molecule has 0 spiro atoms. The fourth-order valence-electron chi connectivity index (χ4n) is 7.43. The number of nitrogens with one attached hydrogen (secondary N) is 2. The lowest BCUT2D eigenvalue weighted by atomic mass is 9.97. The van der Waals surface area contributed by atoms with Gasteiger partial charge in [-0.2, -0.15) is 0 Å². The molecule has 2 aromatic heterocycles. The van der Waals surface area contributed by atoms with Crippen LogP contribution in [0, 0.1) is 0 Å². The van der Waals surface area contributed by atoms with Crippen LogP contribution in [0.5, 0.6) is 11.5 Å². The Morgan fingerprint density at radius 1 is 0.867 bits per heavy atom. The van der Waals surface area contributed by atoms with Crippen LogP contribution in [0.3, 0.4) is 0 Å². The second-order valence-electron chi connectivity index (χ2n) is 11.8. The van der Waals surface area contributed by atoms with E-state index in [-0.39, 0.29) is 12.0 Å². The minimum absolute atomic E-state index is 0.0162. The van der Waals surface area contributed by atoms with Gasteiger partial charge in [0, 0.05) is 71.6 Å². The van der Waals surface area contributed by atoms with Crippen molar-refractivity contribution in [3.8, 4) is 11.5 Å². The molecule has 8 rings (SSSR count). The zero-order chi connectivity index (χ0) is 30.7. The first-order valence-electron chi connectivity index (χ1n) is 15.5. The molecular weight excluding hydrogens is 568 g/mol. The van der Waals surface area contributed by atoms with Gasteiger partial charge in [0.15, 0.2) is 11.5 Å². The smallest absolute Gasteiger partial charge is 0.407 e. The number of amides is 2. The van der Waals surface area contributed by atoms with Gasteiger partial charge in [0.25, 0.3) is 5.91 Å². The molecule has 9 nitrogen and oxygen atoms in total. The lowest BCUT2D eigenvalue weighted by Crippen LogP contribution is -2.31. The van der Waals surface area contributed by atoms with Crippen molar-refractivity contribution in [1.82, 2.24) is 19.8 Å². The molecule has 1 unspecified atom stereocenters. The summed E-state index contributed by atoms with van der Waals surface area (Å²) in [6.07, 6.45) is 1.26. The molecule has 0 fully saturated rings. The normalized spacial score (nSPS) is 16.0. The van der Waals surface area contributed by atoms with Gasteiger partial charge < -0.3 is 34.0 Å². The number of hydrogen-bond donors (Lipinski definition) is 2. The molecule has 45 heavy (non-hydrogen) atoms. The molecule has 6 aromatic rings. The summed E-state index contributed by atoms with van der Waals surface area (Å²) in [5, 5.41) is 10.4. The van der Waals surface area contributed by atoms with Gasteiger partial charge in [-0.1, -0.05) is 42.5 Å². The number of ether oxygens (including phenoxy) is 3. The van der Waals surface area contributed by atoms with E-state index in [1.165, 1.54) is 0 Å².